The van der Waals surface area contributed by atoms with E-state index >= 15 is 0 Å². The van der Waals surface area contributed by atoms with Crippen LogP contribution in [0.25, 0.3) is 11.2 Å². The maximum atomic E-state index is 13.5. The van der Waals surface area contributed by atoms with Gasteiger partial charge >= 0.3 is 23.6 Å². The van der Waals surface area contributed by atoms with E-state index in [1.807, 2.05) is 0 Å². The molecule has 1 fully saturated rings. The summed E-state index contributed by atoms with van der Waals surface area (Å²) in [5, 5.41) is 0. The number of carbonyl (C=O) groups is 3. The maximum Gasteiger partial charge on any atom is 0.338 e. The second-order valence-electron chi connectivity index (χ2n) is 9.73. The smallest absolute Gasteiger partial charge is 0.338 e. The van der Waals surface area contributed by atoms with E-state index < -0.39 is 60.3 Å². The number of hydrogen-bond acceptors (Lipinski definition) is 10. The third-order valence-electron chi connectivity index (χ3n) is 6.94. The van der Waals surface area contributed by atoms with Crippen LogP contribution in [-0.2, 0) is 18.9 Å². The zero-order valence-corrected chi connectivity index (χ0v) is 22.8. The van der Waals surface area contributed by atoms with Gasteiger partial charge in [-0.25, -0.2) is 28.7 Å². The first-order valence-electron chi connectivity index (χ1n) is 13.5. The second-order valence-corrected chi connectivity index (χ2v) is 9.73. The number of aromatic nitrogens is 4. The minimum Gasteiger partial charge on any atom is -0.459 e. The van der Waals surface area contributed by atoms with Crippen molar-refractivity contribution in [1.29, 1.82) is 0 Å². The molecule has 13 nitrogen and oxygen atoms in total. The topological polar surface area (TPSA) is 172 Å². The van der Waals surface area contributed by atoms with Crippen LogP contribution in [-0.4, -0.2) is 62.3 Å². The molecule has 1 aliphatic rings. The fraction of sp³-hybridized carbons (Fsp3) is 0.161. The Labute approximate surface area is 248 Å². The predicted molar refractivity (Wildman–Crippen MR) is 153 cm³/mol. The van der Waals surface area contributed by atoms with Gasteiger partial charge < -0.3 is 23.9 Å². The normalized spacial score (nSPS) is 19.4. The molecule has 44 heavy (non-hydrogen) atoms. The first kappa shape index (κ1) is 28.3. The number of hydrogen-bond donors (Lipinski definition) is 2. The Balaban J connectivity index is 1.40. The molecule has 0 bridgehead atoms. The molecule has 6 rings (SSSR count). The van der Waals surface area contributed by atoms with E-state index in [-0.39, 0.29) is 27.9 Å². The summed E-state index contributed by atoms with van der Waals surface area (Å²) in [6.45, 7) is -0.479. The van der Waals surface area contributed by atoms with Crippen molar-refractivity contribution in [2.45, 2.75) is 24.5 Å². The highest BCUT2D eigenvalue weighted by Gasteiger charge is 2.52. The molecule has 222 valence electrons. The highest BCUT2D eigenvalue weighted by Crippen LogP contribution is 2.34. The monoisotopic (exact) mass is 596 g/mol. The summed E-state index contributed by atoms with van der Waals surface area (Å²) < 4.78 is 23.9. The third kappa shape index (κ3) is 5.63. The second kappa shape index (κ2) is 12.2. The van der Waals surface area contributed by atoms with Crippen LogP contribution >= 0.6 is 0 Å². The number of nitrogens with one attached hydrogen (secondary N) is 2. The molecular formula is C31H24N4O9. The van der Waals surface area contributed by atoms with Crippen LogP contribution in [0.4, 0.5) is 0 Å². The largest absolute Gasteiger partial charge is 0.459 e. The molecule has 1 aliphatic heterocycles. The minimum atomic E-state index is -1.60. The van der Waals surface area contributed by atoms with Gasteiger partial charge in [-0.2, -0.15) is 0 Å². The first-order valence-corrected chi connectivity index (χ1v) is 13.5. The quantitative estimate of drug-likeness (QED) is 0.200. The number of H-pyrrole nitrogens is 2. The number of aromatic amines is 2. The van der Waals surface area contributed by atoms with Crippen molar-refractivity contribution in [2.24, 2.45) is 0 Å². The van der Waals surface area contributed by atoms with E-state index in [1.165, 1.54) is 30.6 Å². The van der Waals surface area contributed by atoms with Crippen LogP contribution in [0, 0.1) is 0 Å². The molecule has 0 amide bonds. The van der Waals surface area contributed by atoms with Gasteiger partial charge in [-0.3, -0.25) is 9.78 Å². The van der Waals surface area contributed by atoms with E-state index in [0.717, 1.165) is 0 Å². The van der Waals surface area contributed by atoms with Gasteiger partial charge in [-0.1, -0.05) is 54.6 Å². The van der Waals surface area contributed by atoms with Crippen LogP contribution in [0.2, 0.25) is 0 Å². The molecule has 13 heteroatoms. The van der Waals surface area contributed by atoms with E-state index in [9.17, 15) is 24.0 Å². The van der Waals surface area contributed by atoms with Crippen molar-refractivity contribution >= 4 is 29.1 Å². The van der Waals surface area contributed by atoms with Crippen molar-refractivity contribution < 1.29 is 33.3 Å². The van der Waals surface area contributed by atoms with Gasteiger partial charge in [0.2, 0.25) is 0 Å². The van der Waals surface area contributed by atoms with Crippen LogP contribution in [0.15, 0.2) is 107 Å². The summed E-state index contributed by atoms with van der Waals surface area (Å²) in [6.07, 6.45) is -4.61. The van der Waals surface area contributed by atoms with Gasteiger partial charge in [0.1, 0.15) is 18.4 Å². The number of imidazole rings is 1. The highest BCUT2D eigenvalue weighted by molar-refractivity contribution is 5.91. The number of esters is 3. The SMILES string of the molecule is O=C(OCC1OC(n2c(=O)[nH]c3[nH]cnc3c2=O)C(OC(=O)c2ccccc2)C1OC(=O)c1ccccc1)c1ccccc1. The molecular weight excluding hydrogens is 572 g/mol. The Morgan fingerprint density at radius 3 is 1.84 bits per heavy atom. The Bertz CT molecular complexity index is 1920. The van der Waals surface area contributed by atoms with Crippen LogP contribution < -0.4 is 11.2 Å². The molecule has 0 radical (unpaired) electrons. The number of nitrogens with zero attached hydrogens (tertiary/aromatic N) is 2. The van der Waals surface area contributed by atoms with Crippen LogP contribution in [0.1, 0.15) is 37.3 Å². The molecule has 2 aromatic heterocycles. The van der Waals surface area contributed by atoms with Crippen LogP contribution in [0.3, 0.4) is 0 Å². The Kier molecular flexibility index (Phi) is 7.84. The highest BCUT2D eigenvalue weighted by atomic mass is 16.7. The molecule has 0 spiro atoms. The molecule has 4 unspecified atom stereocenters. The van der Waals surface area contributed by atoms with Gasteiger partial charge in [0.25, 0.3) is 5.56 Å². The Morgan fingerprint density at radius 1 is 0.750 bits per heavy atom. The molecule has 4 atom stereocenters. The molecule has 3 heterocycles. The molecule has 2 N–H and O–H groups in total. The van der Waals surface area contributed by atoms with E-state index in [4.69, 9.17) is 18.9 Å². The number of rotatable bonds is 8. The zero-order chi connectivity index (χ0) is 30.6. The molecule has 3 aromatic carbocycles. The standard InChI is InChI=1S/C31H24N4O9/c36-26-22-25(33-17-32-22)34-31(40)35(26)27-24(44-30(39)20-14-8-3-9-15-20)23(43-29(38)19-12-6-2-7-13-19)21(42-27)16-41-28(37)18-10-4-1-5-11-18/h1-15,17,21,23-24,27H,16H2,(H,32,33)(H,34,40). The van der Waals surface area contributed by atoms with Gasteiger partial charge in [0, 0.05) is 0 Å². The molecule has 0 saturated carbocycles. The number of fused-ring (bicyclic) bond motifs is 1. The van der Waals surface area contributed by atoms with Crippen molar-refractivity contribution in [3.63, 3.8) is 0 Å². The summed E-state index contributed by atoms with van der Waals surface area (Å²) in [6, 6.07) is 24.1. The summed E-state index contributed by atoms with van der Waals surface area (Å²) in [5.74, 6) is -2.34. The molecule has 0 aliphatic carbocycles. The summed E-state index contributed by atoms with van der Waals surface area (Å²) >= 11 is 0. The first-order chi connectivity index (χ1) is 21.4. The van der Waals surface area contributed by atoms with Gasteiger partial charge in [0.05, 0.1) is 23.0 Å². The van der Waals surface area contributed by atoms with E-state index in [0.29, 0.717) is 4.57 Å². The van der Waals surface area contributed by atoms with Crippen molar-refractivity contribution in [1.82, 2.24) is 19.5 Å². The molecule has 5 aromatic rings. The summed E-state index contributed by atoms with van der Waals surface area (Å²) in [5.41, 5.74) is -1.22. The number of benzene rings is 3. The number of carbonyl (C=O) groups excluding carboxylic acids is 3. The van der Waals surface area contributed by atoms with Crippen molar-refractivity contribution in [2.75, 3.05) is 6.61 Å². The lowest BCUT2D eigenvalue weighted by atomic mass is 10.1. The summed E-state index contributed by atoms with van der Waals surface area (Å²) in [4.78, 5) is 75.1. The van der Waals surface area contributed by atoms with E-state index in [2.05, 4.69) is 15.0 Å². The van der Waals surface area contributed by atoms with Gasteiger partial charge in [0.15, 0.2) is 24.0 Å². The Hall–Kier alpha value is -5.82. The fourth-order valence-corrected chi connectivity index (χ4v) is 4.82. The lowest BCUT2D eigenvalue weighted by molar-refractivity contribution is -0.0650. The maximum absolute atomic E-state index is 13.5. The Morgan fingerprint density at radius 2 is 1.27 bits per heavy atom. The average Bonchev–Trinajstić information content (AvgIpc) is 3.66. The molecule has 1 saturated heterocycles. The van der Waals surface area contributed by atoms with Crippen molar-refractivity contribution in [3.05, 3.63) is 135 Å². The lowest BCUT2D eigenvalue weighted by Gasteiger charge is -2.24. The lowest BCUT2D eigenvalue weighted by Crippen LogP contribution is -2.45. The van der Waals surface area contributed by atoms with Crippen molar-refractivity contribution in [3.8, 4) is 0 Å². The zero-order valence-electron chi connectivity index (χ0n) is 22.8. The van der Waals surface area contributed by atoms with Gasteiger partial charge in [-0.05, 0) is 36.4 Å². The van der Waals surface area contributed by atoms with Gasteiger partial charge in [-0.15, -0.1) is 0 Å². The third-order valence-corrected chi connectivity index (χ3v) is 6.94. The minimum absolute atomic E-state index is 0.0764. The van der Waals surface area contributed by atoms with Crippen LogP contribution in [0.5, 0.6) is 0 Å². The number of ether oxygens (including phenoxy) is 4. The predicted octanol–water partition coefficient (Wildman–Crippen LogP) is 2.62. The van der Waals surface area contributed by atoms with E-state index in [1.54, 1.807) is 66.7 Å². The fourth-order valence-electron chi connectivity index (χ4n) is 4.82. The average molecular weight is 597 g/mol. The summed E-state index contributed by atoms with van der Waals surface area (Å²) in [7, 11) is 0.